The van der Waals surface area contributed by atoms with Crippen molar-refractivity contribution >= 4 is 6.09 Å². The van der Waals surface area contributed by atoms with E-state index in [0.717, 1.165) is 12.4 Å². The van der Waals surface area contributed by atoms with Crippen molar-refractivity contribution in [2.45, 2.75) is 38.2 Å². The fourth-order valence-electron chi connectivity index (χ4n) is 2.36. The largest absolute Gasteiger partial charge is 0.465 e. The molecule has 2 atom stereocenters. The van der Waals surface area contributed by atoms with Crippen LogP contribution < -0.4 is 0 Å². The third-order valence-electron chi connectivity index (χ3n) is 3.43. The summed E-state index contributed by atoms with van der Waals surface area (Å²) in [6.07, 6.45) is 0.00902. The van der Waals surface area contributed by atoms with Crippen LogP contribution in [0.15, 0.2) is 12.4 Å². The SMILES string of the molecule is C[C@H]1CC(c2ncc(C(F)F)cn2)CCN1C(=O)O. The number of piperidine rings is 1. The highest BCUT2D eigenvalue weighted by molar-refractivity contribution is 5.65. The second kappa shape index (κ2) is 5.46. The lowest BCUT2D eigenvalue weighted by atomic mass is 9.91. The van der Waals surface area contributed by atoms with Crippen molar-refractivity contribution < 1.29 is 18.7 Å². The van der Waals surface area contributed by atoms with Gasteiger partial charge in [0.2, 0.25) is 0 Å². The highest BCUT2D eigenvalue weighted by atomic mass is 19.3. The van der Waals surface area contributed by atoms with Crippen LogP contribution in [-0.4, -0.2) is 38.7 Å². The molecule has 1 aromatic heterocycles. The average molecular weight is 271 g/mol. The van der Waals surface area contributed by atoms with E-state index < -0.39 is 12.5 Å². The van der Waals surface area contributed by atoms with E-state index in [1.165, 1.54) is 4.90 Å². The molecule has 0 bridgehead atoms. The quantitative estimate of drug-likeness (QED) is 0.898. The Morgan fingerprint density at radius 2 is 2.11 bits per heavy atom. The summed E-state index contributed by atoms with van der Waals surface area (Å²) >= 11 is 0. The topological polar surface area (TPSA) is 66.3 Å². The summed E-state index contributed by atoms with van der Waals surface area (Å²) in [6, 6.07) is -0.116. The van der Waals surface area contributed by atoms with Crippen molar-refractivity contribution in [3.05, 3.63) is 23.8 Å². The monoisotopic (exact) mass is 271 g/mol. The number of hydrogen-bond donors (Lipinski definition) is 1. The van der Waals surface area contributed by atoms with Crippen molar-refractivity contribution in [2.24, 2.45) is 0 Å². The zero-order chi connectivity index (χ0) is 14.0. The molecule has 1 fully saturated rings. The van der Waals surface area contributed by atoms with Gasteiger partial charge in [-0.2, -0.15) is 0 Å². The van der Waals surface area contributed by atoms with Crippen LogP contribution in [0.4, 0.5) is 13.6 Å². The first-order valence-corrected chi connectivity index (χ1v) is 6.08. The van der Waals surface area contributed by atoms with Crippen LogP contribution in [0.3, 0.4) is 0 Å². The van der Waals surface area contributed by atoms with E-state index in [0.29, 0.717) is 25.2 Å². The van der Waals surface area contributed by atoms with E-state index in [2.05, 4.69) is 9.97 Å². The molecule has 2 rings (SSSR count). The van der Waals surface area contributed by atoms with Crippen LogP contribution in [0.1, 0.15) is 43.5 Å². The van der Waals surface area contributed by atoms with Crippen molar-refractivity contribution in [2.75, 3.05) is 6.54 Å². The van der Waals surface area contributed by atoms with E-state index in [-0.39, 0.29) is 17.5 Å². The second-order valence-corrected chi connectivity index (χ2v) is 4.72. The Morgan fingerprint density at radius 1 is 1.47 bits per heavy atom. The van der Waals surface area contributed by atoms with E-state index in [4.69, 9.17) is 5.11 Å². The molecular formula is C12H15F2N3O2. The molecular weight excluding hydrogens is 256 g/mol. The minimum Gasteiger partial charge on any atom is -0.465 e. The third kappa shape index (κ3) is 2.97. The number of carboxylic acid groups (broad SMARTS) is 1. The van der Waals surface area contributed by atoms with Crippen LogP contribution in [0.25, 0.3) is 0 Å². The summed E-state index contributed by atoms with van der Waals surface area (Å²) in [6.45, 7) is 2.24. The fourth-order valence-corrected chi connectivity index (χ4v) is 2.36. The average Bonchev–Trinajstić information content (AvgIpc) is 2.38. The Bertz CT molecular complexity index is 453. The van der Waals surface area contributed by atoms with Gasteiger partial charge in [0, 0.05) is 30.9 Å². The van der Waals surface area contributed by atoms with E-state index in [1.807, 2.05) is 6.92 Å². The van der Waals surface area contributed by atoms with Gasteiger partial charge in [0.15, 0.2) is 0 Å². The van der Waals surface area contributed by atoms with Crippen molar-refractivity contribution in [1.82, 2.24) is 14.9 Å². The molecule has 5 nitrogen and oxygen atoms in total. The molecule has 0 aromatic carbocycles. The maximum Gasteiger partial charge on any atom is 0.407 e. The first-order chi connectivity index (χ1) is 8.99. The number of carbonyl (C=O) groups is 1. The summed E-state index contributed by atoms with van der Waals surface area (Å²) in [5.41, 5.74) is -0.195. The zero-order valence-corrected chi connectivity index (χ0v) is 10.5. The van der Waals surface area contributed by atoms with Crippen LogP contribution >= 0.6 is 0 Å². The van der Waals surface area contributed by atoms with Gasteiger partial charge in [-0.3, -0.25) is 0 Å². The molecule has 1 N–H and O–H groups in total. The predicted molar refractivity (Wildman–Crippen MR) is 63.2 cm³/mol. The number of hydrogen-bond acceptors (Lipinski definition) is 3. The molecule has 0 spiro atoms. The number of rotatable bonds is 2. The first kappa shape index (κ1) is 13.6. The summed E-state index contributed by atoms with van der Waals surface area (Å²) in [4.78, 5) is 20.3. The Labute approximate surface area is 109 Å². The predicted octanol–water partition coefficient (Wildman–Crippen LogP) is 2.66. The summed E-state index contributed by atoms with van der Waals surface area (Å²) in [5.74, 6) is 0.540. The van der Waals surface area contributed by atoms with Crippen molar-refractivity contribution in [1.29, 1.82) is 0 Å². The van der Waals surface area contributed by atoms with Gasteiger partial charge in [0.25, 0.3) is 6.43 Å². The normalized spacial score (nSPS) is 23.7. The second-order valence-electron chi connectivity index (χ2n) is 4.72. The lowest BCUT2D eigenvalue weighted by Gasteiger charge is -2.35. The molecule has 19 heavy (non-hydrogen) atoms. The molecule has 1 aliphatic rings. The molecule has 1 unspecified atom stereocenters. The van der Waals surface area contributed by atoms with Gasteiger partial charge >= 0.3 is 6.09 Å². The van der Waals surface area contributed by atoms with Gasteiger partial charge in [-0.15, -0.1) is 0 Å². The van der Waals surface area contributed by atoms with Gasteiger partial charge < -0.3 is 10.0 Å². The van der Waals surface area contributed by atoms with E-state index in [9.17, 15) is 13.6 Å². The highest BCUT2D eigenvalue weighted by Crippen LogP contribution is 2.29. The van der Waals surface area contributed by atoms with Crippen LogP contribution in [0.5, 0.6) is 0 Å². The molecule has 1 aromatic rings. The lowest BCUT2D eigenvalue weighted by Crippen LogP contribution is -2.43. The number of likely N-dealkylation sites (tertiary alicyclic amines) is 1. The molecule has 1 aliphatic heterocycles. The molecule has 1 saturated heterocycles. The Hall–Kier alpha value is -1.79. The minimum absolute atomic E-state index is 0.0253. The zero-order valence-electron chi connectivity index (χ0n) is 10.5. The van der Waals surface area contributed by atoms with E-state index in [1.54, 1.807) is 0 Å². The number of alkyl halides is 2. The Kier molecular flexibility index (Phi) is 3.92. The third-order valence-corrected chi connectivity index (χ3v) is 3.43. The van der Waals surface area contributed by atoms with Gasteiger partial charge in [0.05, 0.1) is 5.56 Å². The Morgan fingerprint density at radius 3 is 2.58 bits per heavy atom. The summed E-state index contributed by atoms with van der Waals surface area (Å²) in [7, 11) is 0. The number of nitrogens with zero attached hydrogens (tertiary/aromatic N) is 3. The standard InChI is InChI=1S/C12H15F2N3O2/c1-7-4-8(2-3-17(7)12(18)19)11-15-5-9(6-16-11)10(13)14/h5-8,10H,2-4H2,1H3,(H,18,19)/t7-,8?/m0/s1. The Balaban J connectivity index is 2.06. The number of halogens is 2. The maximum atomic E-state index is 12.4. The van der Waals surface area contributed by atoms with E-state index >= 15 is 0 Å². The van der Waals surface area contributed by atoms with Crippen LogP contribution in [0, 0.1) is 0 Å². The molecule has 104 valence electrons. The van der Waals surface area contributed by atoms with Crippen molar-refractivity contribution in [3.8, 4) is 0 Å². The van der Waals surface area contributed by atoms with Gasteiger partial charge in [0.1, 0.15) is 5.82 Å². The molecule has 1 amide bonds. The molecule has 0 saturated carbocycles. The van der Waals surface area contributed by atoms with Crippen molar-refractivity contribution in [3.63, 3.8) is 0 Å². The maximum absolute atomic E-state index is 12.4. The molecule has 2 heterocycles. The van der Waals surface area contributed by atoms with Gasteiger partial charge in [-0.05, 0) is 19.8 Å². The first-order valence-electron chi connectivity index (χ1n) is 6.08. The number of aromatic nitrogens is 2. The smallest absolute Gasteiger partial charge is 0.407 e. The van der Waals surface area contributed by atoms with Crippen LogP contribution in [0.2, 0.25) is 0 Å². The van der Waals surface area contributed by atoms with Crippen LogP contribution in [-0.2, 0) is 0 Å². The number of amides is 1. The lowest BCUT2D eigenvalue weighted by molar-refractivity contribution is 0.105. The highest BCUT2D eigenvalue weighted by Gasteiger charge is 2.30. The molecule has 7 heteroatoms. The fraction of sp³-hybridized carbons (Fsp3) is 0.583. The van der Waals surface area contributed by atoms with Gasteiger partial charge in [-0.1, -0.05) is 0 Å². The molecule has 0 radical (unpaired) electrons. The van der Waals surface area contributed by atoms with Gasteiger partial charge in [-0.25, -0.2) is 23.5 Å². The summed E-state index contributed by atoms with van der Waals surface area (Å²) in [5, 5.41) is 8.97. The summed E-state index contributed by atoms with van der Waals surface area (Å²) < 4.78 is 24.8. The minimum atomic E-state index is -2.57. The molecule has 0 aliphatic carbocycles.